The van der Waals surface area contributed by atoms with Gasteiger partial charge in [-0.25, -0.2) is 0 Å². The van der Waals surface area contributed by atoms with Gasteiger partial charge in [-0.1, -0.05) is 19.4 Å². The number of allylic oxidation sites excluding steroid dienone is 1. The van der Waals surface area contributed by atoms with Crippen molar-refractivity contribution in [3.8, 4) is 0 Å². The van der Waals surface area contributed by atoms with Gasteiger partial charge < -0.3 is 20.5 Å². The molecule has 0 bridgehead atoms. The largest absolute Gasteiger partial charge is 0.458 e. The lowest BCUT2D eigenvalue weighted by Crippen LogP contribution is -2.58. The SMILES string of the molecule is C[C@]12CCC(=O)C=C1CC[C@H]1[C@H]2CC[C@@]2(C)[C@H]1CC[C@]2(O)C(=O)COC(=O)CCC(=O)N[C@H]1CCCCNC1=O. The van der Waals surface area contributed by atoms with Crippen LogP contribution in [0, 0.1) is 28.6 Å². The number of ketones is 2. The minimum atomic E-state index is -1.55. The molecule has 4 aliphatic carbocycles. The summed E-state index contributed by atoms with van der Waals surface area (Å²) in [5, 5.41) is 17.2. The second kappa shape index (κ2) is 11.0. The van der Waals surface area contributed by atoms with E-state index in [0.29, 0.717) is 37.6 Å². The minimum absolute atomic E-state index is 0.0186. The highest BCUT2D eigenvalue weighted by atomic mass is 16.5. The van der Waals surface area contributed by atoms with E-state index in [2.05, 4.69) is 17.6 Å². The second-order valence-electron chi connectivity index (χ2n) is 13.3. The summed E-state index contributed by atoms with van der Waals surface area (Å²) in [5.41, 5.74) is -0.827. The first-order valence-corrected chi connectivity index (χ1v) is 15.2. The Bertz CT molecular complexity index is 1120. The van der Waals surface area contributed by atoms with Crippen molar-refractivity contribution in [1.82, 2.24) is 10.6 Å². The summed E-state index contributed by atoms with van der Waals surface area (Å²) in [5.74, 6) is -0.476. The number of carbonyl (C=O) groups is 5. The monoisotopic (exact) mass is 556 g/mol. The van der Waals surface area contributed by atoms with Gasteiger partial charge in [0.2, 0.25) is 17.6 Å². The van der Waals surface area contributed by atoms with E-state index < -0.39 is 41.3 Å². The van der Waals surface area contributed by atoms with Crippen LogP contribution in [0.3, 0.4) is 0 Å². The maximum Gasteiger partial charge on any atom is 0.306 e. The number of hydrogen-bond donors (Lipinski definition) is 3. The van der Waals surface area contributed by atoms with Gasteiger partial charge in [0.1, 0.15) is 11.6 Å². The fraction of sp³-hybridized carbons (Fsp3) is 0.774. The molecular weight excluding hydrogens is 512 g/mol. The lowest BCUT2D eigenvalue weighted by molar-refractivity contribution is -0.170. The van der Waals surface area contributed by atoms with Crippen molar-refractivity contribution in [2.75, 3.05) is 13.2 Å². The van der Waals surface area contributed by atoms with Crippen molar-refractivity contribution < 1.29 is 33.8 Å². The number of Topliss-reactive ketones (excluding diaryl/α,β-unsaturated/α-hetero) is 1. The van der Waals surface area contributed by atoms with E-state index in [4.69, 9.17) is 4.74 Å². The molecule has 40 heavy (non-hydrogen) atoms. The summed E-state index contributed by atoms with van der Waals surface area (Å²) < 4.78 is 5.24. The van der Waals surface area contributed by atoms with Crippen molar-refractivity contribution in [2.24, 2.45) is 28.6 Å². The summed E-state index contributed by atoms with van der Waals surface area (Å²) in [6.07, 6.45) is 9.91. The van der Waals surface area contributed by atoms with Gasteiger partial charge in [-0.2, -0.15) is 0 Å². The summed E-state index contributed by atoms with van der Waals surface area (Å²) in [7, 11) is 0. The van der Waals surface area contributed by atoms with Crippen molar-refractivity contribution in [2.45, 2.75) is 109 Å². The van der Waals surface area contributed by atoms with E-state index >= 15 is 0 Å². The number of nitrogens with one attached hydrogen (secondary N) is 2. The van der Waals surface area contributed by atoms with E-state index in [-0.39, 0.29) is 35.9 Å². The molecule has 0 radical (unpaired) electrons. The van der Waals surface area contributed by atoms with Gasteiger partial charge in [-0.05, 0) is 93.5 Å². The van der Waals surface area contributed by atoms with Crippen LogP contribution in [0.25, 0.3) is 0 Å². The lowest BCUT2D eigenvalue weighted by Gasteiger charge is -2.58. The number of esters is 1. The third kappa shape index (κ3) is 5.03. The summed E-state index contributed by atoms with van der Waals surface area (Å²) >= 11 is 0. The predicted molar refractivity (Wildman–Crippen MR) is 146 cm³/mol. The Hall–Kier alpha value is -2.55. The van der Waals surface area contributed by atoms with Gasteiger partial charge in [-0.15, -0.1) is 0 Å². The molecule has 9 heteroatoms. The average molecular weight is 557 g/mol. The van der Waals surface area contributed by atoms with Crippen LogP contribution in [0.1, 0.15) is 97.3 Å². The van der Waals surface area contributed by atoms with Crippen molar-refractivity contribution in [3.63, 3.8) is 0 Å². The van der Waals surface area contributed by atoms with Crippen LogP contribution < -0.4 is 10.6 Å². The van der Waals surface area contributed by atoms with Gasteiger partial charge in [0.15, 0.2) is 12.4 Å². The molecule has 3 N–H and O–H groups in total. The first-order valence-electron chi connectivity index (χ1n) is 15.2. The van der Waals surface area contributed by atoms with E-state index in [0.717, 1.165) is 51.4 Å². The van der Waals surface area contributed by atoms with E-state index in [1.54, 1.807) is 0 Å². The predicted octanol–water partition coefficient (Wildman–Crippen LogP) is 2.93. The van der Waals surface area contributed by atoms with Crippen LogP contribution in [0.2, 0.25) is 0 Å². The molecule has 3 saturated carbocycles. The van der Waals surface area contributed by atoms with Crippen LogP contribution in [0.5, 0.6) is 0 Å². The zero-order chi connectivity index (χ0) is 28.7. The van der Waals surface area contributed by atoms with E-state index in [1.165, 1.54) is 5.57 Å². The van der Waals surface area contributed by atoms with Crippen LogP contribution in [0.15, 0.2) is 11.6 Å². The third-order valence-electron chi connectivity index (χ3n) is 11.4. The molecule has 5 rings (SSSR count). The molecule has 0 unspecified atom stereocenters. The molecule has 9 nitrogen and oxygen atoms in total. The molecule has 0 aromatic rings. The summed E-state index contributed by atoms with van der Waals surface area (Å²) in [4.78, 5) is 62.2. The normalized spacial score (nSPS) is 39.0. The van der Waals surface area contributed by atoms with Crippen LogP contribution in [-0.4, -0.2) is 59.3 Å². The zero-order valence-electron chi connectivity index (χ0n) is 23.9. The molecule has 1 saturated heterocycles. The highest BCUT2D eigenvalue weighted by molar-refractivity contribution is 5.92. The Morgan fingerprint density at radius 3 is 2.58 bits per heavy atom. The number of carbonyl (C=O) groups excluding carboxylic acids is 5. The number of ether oxygens (including phenoxy) is 1. The van der Waals surface area contributed by atoms with Crippen molar-refractivity contribution in [3.05, 3.63) is 11.6 Å². The smallest absolute Gasteiger partial charge is 0.306 e. The molecule has 0 spiro atoms. The number of fused-ring (bicyclic) bond motifs is 5. The van der Waals surface area contributed by atoms with E-state index in [9.17, 15) is 29.1 Å². The van der Waals surface area contributed by atoms with Crippen molar-refractivity contribution >= 4 is 29.4 Å². The fourth-order valence-electron chi connectivity index (χ4n) is 8.93. The fourth-order valence-corrected chi connectivity index (χ4v) is 8.93. The molecule has 0 aromatic heterocycles. The average Bonchev–Trinajstić information content (AvgIpc) is 3.05. The minimum Gasteiger partial charge on any atom is -0.458 e. The maximum absolute atomic E-state index is 13.4. The highest BCUT2D eigenvalue weighted by Crippen LogP contribution is 2.67. The first-order chi connectivity index (χ1) is 19.0. The Morgan fingerprint density at radius 2 is 1.77 bits per heavy atom. The van der Waals surface area contributed by atoms with Crippen LogP contribution >= 0.6 is 0 Å². The number of hydrogen-bond acceptors (Lipinski definition) is 7. The van der Waals surface area contributed by atoms with Crippen molar-refractivity contribution in [1.29, 1.82) is 0 Å². The molecule has 4 fully saturated rings. The zero-order valence-corrected chi connectivity index (χ0v) is 23.9. The molecule has 220 valence electrons. The molecule has 2 amide bonds. The number of rotatable bonds is 7. The molecule has 7 atom stereocenters. The molecule has 5 aliphatic rings. The molecule has 1 heterocycles. The van der Waals surface area contributed by atoms with Gasteiger partial charge in [0, 0.05) is 24.8 Å². The second-order valence-corrected chi connectivity index (χ2v) is 13.3. The highest BCUT2D eigenvalue weighted by Gasteiger charge is 2.66. The lowest BCUT2D eigenvalue weighted by atomic mass is 9.46. The Balaban J connectivity index is 1.15. The summed E-state index contributed by atoms with van der Waals surface area (Å²) in [6, 6.07) is -0.594. The quantitative estimate of drug-likeness (QED) is 0.410. The molecular formula is C31H44N2O7. The third-order valence-corrected chi connectivity index (χ3v) is 11.4. The van der Waals surface area contributed by atoms with Gasteiger partial charge >= 0.3 is 5.97 Å². The summed E-state index contributed by atoms with van der Waals surface area (Å²) in [6.45, 7) is 4.43. The molecule has 0 aromatic carbocycles. The van der Waals surface area contributed by atoms with E-state index in [1.807, 2.05) is 13.0 Å². The number of amides is 2. The van der Waals surface area contributed by atoms with Gasteiger partial charge in [0.05, 0.1) is 6.42 Å². The standard InChI is InChI=1S/C31H44N2O7/c1-29-13-10-20(34)17-19(29)6-7-21-22(29)11-14-30(2)23(21)12-15-31(30,39)25(35)18-40-27(37)9-8-26(36)33-24-5-3-4-16-32-28(24)38/h17,21-24,39H,3-16,18H2,1-2H3,(H,32,38)(H,33,36)/t21-,22+,23-,24-,29-,30-,31-/m0/s1. The Morgan fingerprint density at radius 1 is 1.00 bits per heavy atom. The number of aliphatic hydroxyl groups is 1. The van der Waals surface area contributed by atoms with Crippen LogP contribution in [0.4, 0.5) is 0 Å². The van der Waals surface area contributed by atoms with Gasteiger partial charge in [-0.3, -0.25) is 24.0 Å². The maximum atomic E-state index is 13.4. The van der Waals surface area contributed by atoms with Crippen LogP contribution in [-0.2, 0) is 28.7 Å². The first kappa shape index (κ1) is 29.0. The molecule has 1 aliphatic heterocycles. The Labute approximate surface area is 236 Å². The Kier molecular flexibility index (Phi) is 7.98. The topological polar surface area (TPSA) is 139 Å². The van der Waals surface area contributed by atoms with Gasteiger partial charge in [0.25, 0.3) is 0 Å².